The topological polar surface area (TPSA) is 75.7 Å². The van der Waals surface area contributed by atoms with Crippen molar-refractivity contribution in [1.29, 1.82) is 0 Å². The van der Waals surface area contributed by atoms with Gasteiger partial charge in [0.2, 0.25) is 0 Å². The van der Waals surface area contributed by atoms with Gasteiger partial charge in [-0.1, -0.05) is 48.5 Å². The summed E-state index contributed by atoms with van der Waals surface area (Å²) in [4.78, 5) is 12.3. The smallest absolute Gasteiger partial charge is 0.410 e. The summed E-state index contributed by atoms with van der Waals surface area (Å²) in [7, 11) is -3.94. The first-order chi connectivity index (χ1) is 17.3. The van der Waals surface area contributed by atoms with Gasteiger partial charge < -0.3 is 10.1 Å². The van der Waals surface area contributed by atoms with Gasteiger partial charge in [0.05, 0.1) is 10.6 Å². The van der Waals surface area contributed by atoms with Gasteiger partial charge in [0.1, 0.15) is 5.75 Å². The minimum Gasteiger partial charge on any atom is -0.410 e. The monoisotopic (exact) mass is 512 g/mol. The molecule has 1 aliphatic carbocycles. The second-order valence-electron chi connectivity index (χ2n) is 9.30. The Morgan fingerprint density at radius 1 is 0.944 bits per heavy atom. The van der Waals surface area contributed by atoms with Gasteiger partial charge in [0, 0.05) is 23.6 Å². The highest BCUT2D eigenvalue weighted by molar-refractivity contribution is 7.92. The van der Waals surface area contributed by atoms with Gasteiger partial charge >= 0.3 is 6.09 Å². The summed E-state index contributed by atoms with van der Waals surface area (Å²) in [6.45, 7) is 0.270. The third-order valence-corrected chi connectivity index (χ3v) is 8.90. The van der Waals surface area contributed by atoms with Crippen molar-refractivity contribution in [2.24, 2.45) is 0 Å². The molecule has 5 rings (SSSR count). The van der Waals surface area contributed by atoms with Crippen molar-refractivity contribution in [2.75, 3.05) is 10.8 Å². The van der Waals surface area contributed by atoms with Crippen LogP contribution in [0.3, 0.4) is 0 Å². The molecule has 0 radical (unpaired) electrons. The highest BCUT2D eigenvalue weighted by Crippen LogP contribution is 2.50. The van der Waals surface area contributed by atoms with Crippen molar-refractivity contribution in [2.45, 2.75) is 48.5 Å². The predicted molar refractivity (Wildman–Crippen MR) is 132 cm³/mol. The Bertz CT molecular complexity index is 1340. The number of rotatable bonds is 5. The molecule has 2 aliphatic rings. The van der Waals surface area contributed by atoms with Gasteiger partial charge in [-0.25, -0.2) is 22.0 Å². The number of amides is 1. The summed E-state index contributed by atoms with van der Waals surface area (Å²) in [6.07, 6.45) is -0.436. The number of nitrogens with zero attached hydrogens (tertiary/aromatic N) is 1. The van der Waals surface area contributed by atoms with E-state index in [0.29, 0.717) is 37.1 Å². The van der Waals surface area contributed by atoms with E-state index in [1.165, 1.54) is 16.4 Å². The number of hydrogen-bond acceptors (Lipinski definition) is 4. The van der Waals surface area contributed by atoms with E-state index < -0.39 is 22.5 Å². The first-order valence-corrected chi connectivity index (χ1v) is 13.3. The van der Waals surface area contributed by atoms with Crippen LogP contribution in [-0.4, -0.2) is 27.1 Å². The van der Waals surface area contributed by atoms with Crippen LogP contribution in [0.5, 0.6) is 5.75 Å². The molecule has 9 heteroatoms. The number of hydrogen-bond donors (Lipinski definition) is 1. The Morgan fingerprint density at radius 2 is 1.58 bits per heavy atom. The van der Waals surface area contributed by atoms with Gasteiger partial charge in [-0.15, -0.1) is 0 Å². The van der Waals surface area contributed by atoms with Crippen LogP contribution in [0.1, 0.15) is 43.2 Å². The fraction of sp³-hybridized carbons (Fsp3) is 0.296. The lowest BCUT2D eigenvalue weighted by Crippen LogP contribution is -2.45. The van der Waals surface area contributed by atoms with Crippen molar-refractivity contribution in [1.82, 2.24) is 5.32 Å². The van der Waals surface area contributed by atoms with Crippen LogP contribution in [0.25, 0.3) is 0 Å². The maximum atomic E-state index is 13.6. The Balaban J connectivity index is 1.32. The summed E-state index contributed by atoms with van der Waals surface area (Å²) in [6, 6.07) is 21.0. The average molecular weight is 513 g/mol. The van der Waals surface area contributed by atoms with Crippen LogP contribution in [0.4, 0.5) is 19.3 Å². The lowest BCUT2D eigenvalue weighted by molar-refractivity contribution is 0.151. The van der Waals surface area contributed by atoms with Crippen molar-refractivity contribution >= 4 is 21.8 Å². The molecule has 1 saturated carbocycles. The molecule has 6 nitrogen and oxygen atoms in total. The molecule has 36 heavy (non-hydrogen) atoms. The molecule has 1 aliphatic heterocycles. The van der Waals surface area contributed by atoms with E-state index in [4.69, 9.17) is 4.74 Å². The molecule has 0 aromatic heterocycles. The Morgan fingerprint density at radius 3 is 2.25 bits per heavy atom. The number of fused-ring (bicyclic) bond motifs is 2. The third-order valence-electron chi connectivity index (χ3n) is 7.13. The zero-order chi connectivity index (χ0) is 25.3. The number of carbonyl (C=O) groups excluding carboxylic acids is 1. The third kappa shape index (κ3) is 4.55. The highest BCUT2D eigenvalue weighted by Gasteiger charge is 2.48. The van der Waals surface area contributed by atoms with Crippen LogP contribution in [0.15, 0.2) is 83.8 Å². The number of ether oxygens (including phenoxy) is 1. The number of sulfonamides is 1. The van der Waals surface area contributed by atoms with Crippen molar-refractivity contribution in [3.05, 3.63) is 90.0 Å². The average Bonchev–Trinajstić information content (AvgIpc) is 3.21. The summed E-state index contributed by atoms with van der Waals surface area (Å²) < 4.78 is 59.8. The van der Waals surface area contributed by atoms with Crippen LogP contribution in [0, 0.1) is 0 Å². The molecule has 1 spiro atoms. The van der Waals surface area contributed by atoms with E-state index in [2.05, 4.69) is 5.32 Å². The normalized spacial score (nSPS) is 21.4. The molecule has 0 atom stereocenters. The molecule has 3 aromatic carbocycles. The number of carbonyl (C=O) groups is 1. The number of para-hydroxylation sites is 2. The van der Waals surface area contributed by atoms with E-state index in [-0.39, 0.29) is 28.5 Å². The minimum atomic E-state index is -3.94. The molecule has 0 saturated heterocycles. The molecule has 1 N–H and O–H groups in total. The van der Waals surface area contributed by atoms with Gasteiger partial charge in [0.25, 0.3) is 16.4 Å². The predicted octanol–water partition coefficient (Wildman–Crippen LogP) is 5.80. The quantitative estimate of drug-likeness (QED) is 0.469. The Kier molecular flexibility index (Phi) is 6.42. The minimum absolute atomic E-state index is 0.0160. The second-order valence-corrected chi connectivity index (χ2v) is 11.2. The SMILES string of the molecule is O=C(NC1CCC2(CC1)CN(S(=O)(=O)c1ccc(C(F)F)cc1)c1ccccc12)Oc1ccccc1. The van der Waals surface area contributed by atoms with Gasteiger partial charge in [-0.2, -0.15) is 0 Å². The maximum Gasteiger partial charge on any atom is 0.412 e. The number of nitrogens with one attached hydrogen (secondary N) is 1. The van der Waals surface area contributed by atoms with Gasteiger partial charge in [-0.3, -0.25) is 4.31 Å². The van der Waals surface area contributed by atoms with Crippen LogP contribution >= 0.6 is 0 Å². The van der Waals surface area contributed by atoms with Gasteiger partial charge in [-0.05, 0) is 61.6 Å². The number of halogens is 2. The molecule has 188 valence electrons. The molecular weight excluding hydrogens is 486 g/mol. The summed E-state index contributed by atoms with van der Waals surface area (Å²) in [5.74, 6) is 0.467. The Hall–Kier alpha value is -3.46. The van der Waals surface area contributed by atoms with Crippen LogP contribution in [0.2, 0.25) is 0 Å². The lowest BCUT2D eigenvalue weighted by Gasteiger charge is -2.38. The fourth-order valence-electron chi connectivity index (χ4n) is 5.25. The maximum absolute atomic E-state index is 13.6. The number of anilines is 1. The highest BCUT2D eigenvalue weighted by atomic mass is 32.2. The lowest BCUT2D eigenvalue weighted by atomic mass is 9.69. The summed E-state index contributed by atoms with van der Waals surface area (Å²) >= 11 is 0. The summed E-state index contributed by atoms with van der Waals surface area (Å²) in [5, 5.41) is 2.93. The molecule has 1 amide bonds. The fourth-order valence-corrected chi connectivity index (χ4v) is 6.82. The first-order valence-electron chi connectivity index (χ1n) is 11.8. The zero-order valence-corrected chi connectivity index (χ0v) is 20.3. The summed E-state index contributed by atoms with van der Waals surface area (Å²) in [5.41, 5.74) is 0.978. The number of alkyl halides is 2. The van der Waals surface area contributed by atoms with Crippen molar-refractivity contribution in [3.8, 4) is 5.75 Å². The molecule has 3 aromatic rings. The Labute approximate surface area is 208 Å². The molecule has 0 unspecified atom stereocenters. The molecule has 1 fully saturated rings. The molecule has 1 heterocycles. The van der Waals surface area contributed by atoms with Crippen molar-refractivity contribution < 1.29 is 26.7 Å². The van der Waals surface area contributed by atoms with Crippen LogP contribution < -0.4 is 14.4 Å². The number of benzene rings is 3. The second kappa shape index (κ2) is 9.54. The molecular formula is C27H26F2N2O4S. The van der Waals surface area contributed by atoms with E-state index in [9.17, 15) is 22.0 Å². The van der Waals surface area contributed by atoms with E-state index in [0.717, 1.165) is 17.7 Å². The van der Waals surface area contributed by atoms with E-state index in [1.807, 2.05) is 18.2 Å². The first kappa shape index (κ1) is 24.2. The van der Waals surface area contributed by atoms with E-state index in [1.54, 1.807) is 36.4 Å². The largest absolute Gasteiger partial charge is 0.412 e. The van der Waals surface area contributed by atoms with Gasteiger partial charge in [0.15, 0.2) is 0 Å². The van der Waals surface area contributed by atoms with E-state index >= 15 is 0 Å². The van der Waals surface area contributed by atoms with Crippen LogP contribution in [-0.2, 0) is 15.4 Å². The van der Waals surface area contributed by atoms with Crippen molar-refractivity contribution in [3.63, 3.8) is 0 Å². The molecule has 0 bridgehead atoms. The zero-order valence-electron chi connectivity index (χ0n) is 19.4. The standard InChI is InChI=1S/C27H26F2N2O4S/c28-25(29)19-10-12-22(13-11-19)36(33,34)31-18-27(23-8-4-5-9-24(23)31)16-14-20(15-17-27)30-26(32)35-21-6-2-1-3-7-21/h1-13,20,25H,14-18H2,(H,30,32).